The molecule has 1 atom stereocenters. The van der Waals surface area contributed by atoms with Crippen LogP contribution in [-0.4, -0.2) is 10.7 Å². The fraction of sp³-hybridized carbons (Fsp3) is 0.571. The van der Waals surface area contributed by atoms with Crippen LogP contribution in [0.1, 0.15) is 38.7 Å². The molecule has 0 aromatic heterocycles. The molecule has 0 radical (unpaired) electrons. The van der Waals surface area contributed by atoms with Crippen molar-refractivity contribution in [3.63, 3.8) is 0 Å². The van der Waals surface area contributed by atoms with Gasteiger partial charge in [-0.3, -0.25) is 0 Å². The normalized spacial score (nSPS) is 27.4. The molecule has 2 rings (SSSR count). The van der Waals surface area contributed by atoms with Crippen LogP contribution in [0, 0.1) is 11.2 Å². The third kappa shape index (κ3) is 2.27. The summed E-state index contributed by atoms with van der Waals surface area (Å²) in [6.07, 6.45) is 3.37. The molecule has 1 aliphatic rings. The van der Waals surface area contributed by atoms with Crippen molar-refractivity contribution in [1.29, 1.82) is 0 Å². The largest absolute Gasteiger partial charge is 0.389 e. The molecule has 0 bridgehead atoms. The Morgan fingerprint density at radius 3 is 2.65 bits per heavy atom. The molecule has 0 spiro atoms. The number of hydrogen-bond acceptors (Lipinski definition) is 1. The molecule has 94 valence electrons. The van der Waals surface area contributed by atoms with Gasteiger partial charge in [-0.15, -0.1) is 0 Å². The van der Waals surface area contributed by atoms with Crippen molar-refractivity contribution in [3.8, 4) is 0 Å². The average molecular weight is 301 g/mol. The number of rotatable bonds is 2. The second-order valence-electron chi connectivity index (χ2n) is 5.66. The molecule has 17 heavy (non-hydrogen) atoms. The Kier molecular flexibility index (Phi) is 3.34. The second-order valence-corrected chi connectivity index (χ2v) is 6.45. The zero-order chi connectivity index (χ0) is 12.7. The standard InChI is InChI=1S/C14H18BrFO/c1-13(2)7-4-8-14(13,17)9-10-5-3-6-11(16)12(10)15/h3,5-6,17H,4,7-9H2,1-2H3. The van der Waals surface area contributed by atoms with E-state index in [-0.39, 0.29) is 11.2 Å². The van der Waals surface area contributed by atoms with Crippen LogP contribution in [0.2, 0.25) is 0 Å². The zero-order valence-corrected chi connectivity index (χ0v) is 11.8. The first-order valence-corrected chi connectivity index (χ1v) is 6.80. The highest BCUT2D eigenvalue weighted by Gasteiger charge is 2.47. The lowest BCUT2D eigenvalue weighted by molar-refractivity contribution is -0.0421. The first-order chi connectivity index (χ1) is 7.86. The van der Waals surface area contributed by atoms with Gasteiger partial charge in [-0.05, 0) is 52.2 Å². The minimum atomic E-state index is -0.719. The monoisotopic (exact) mass is 300 g/mol. The third-order valence-electron chi connectivity index (χ3n) is 4.17. The van der Waals surface area contributed by atoms with E-state index >= 15 is 0 Å². The summed E-state index contributed by atoms with van der Waals surface area (Å²) in [4.78, 5) is 0. The Labute approximate surface area is 110 Å². The second kappa shape index (κ2) is 4.36. The molecule has 1 aromatic carbocycles. The Hall–Kier alpha value is -0.410. The maximum absolute atomic E-state index is 13.4. The van der Waals surface area contributed by atoms with E-state index in [9.17, 15) is 9.50 Å². The summed E-state index contributed by atoms with van der Waals surface area (Å²) in [5.74, 6) is -0.262. The lowest BCUT2D eigenvalue weighted by Gasteiger charge is -2.37. The van der Waals surface area contributed by atoms with E-state index in [0.717, 1.165) is 24.8 Å². The van der Waals surface area contributed by atoms with Crippen LogP contribution in [0.3, 0.4) is 0 Å². The summed E-state index contributed by atoms with van der Waals surface area (Å²) in [5, 5.41) is 10.7. The van der Waals surface area contributed by atoms with Gasteiger partial charge in [-0.25, -0.2) is 4.39 Å². The average Bonchev–Trinajstić information content (AvgIpc) is 2.49. The number of halogens is 2. The van der Waals surface area contributed by atoms with E-state index in [2.05, 4.69) is 29.8 Å². The molecule has 1 saturated carbocycles. The van der Waals surface area contributed by atoms with E-state index in [1.54, 1.807) is 6.07 Å². The molecule has 0 amide bonds. The summed E-state index contributed by atoms with van der Waals surface area (Å²) < 4.78 is 13.9. The SMILES string of the molecule is CC1(C)CCCC1(O)Cc1cccc(F)c1Br. The van der Waals surface area contributed by atoms with Gasteiger partial charge >= 0.3 is 0 Å². The Morgan fingerprint density at radius 1 is 1.35 bits per heavy atom. The zero-order valence-electron chi connectivity index (χ0n) is 10.3. The molecular formula is C14H18BrFO. The van der Waals surface area contributed by atoms with Crippen LogP contribution >= 0.6 is 15.9 Å². The summed E-state index contributed by atoms with van der Waals surface area (Å²) in [6, 6.07) is 5.00. The fourth-order valence-electron chi connectivity index (χ4n) is 2.72. The molecule has 0 saturated heterocycles. The van der Waals surface area contributed by atoms with E-state index < -0.39 is 5.60 Å². The van der Waals surface area contributed by atoms with Crippen LogP contribution in [-0.2, 0) is 6.42 Å². The summed E-state index contributed by atoms with van der Waals surface area (Å²) in [7, 11) is 0. The van der Waals surface area contributed by atoms with Gasteiger partial charge < -0.3 is 5.11 Å². The maximum Gasteiger partial charge on any atom is 0.137 e. The predicted octanol–water partition coefficient (Wildman–Crippen LogP) is 4.07. The van der Waals surface area contributed by atoms with Crippen molar-refractivity contribution in [3.05, 3.63) is 34.1 Å². The van der Waals surface area contributed by atoms with Crippen molar-refractivity contribution >= 4 is 15.9 Å². The maximum atomic E-state index is 13.4. The van der Waals surface area contributed by atoms with Crippen molar-refractivity contribution in [1.82, 2.24) is 0 Å². The highest BCUT2D eigenvalue weighted by atomic mass is 79.9. The van der Waals surface area contributed by atoms with Crippen molar-refractivity contribution < 1.29 is 9.50 Å². The third-order valence-corrected chi connectivity index (χ3v) is 5.05. The molecule has 1 aromatic rings. The Morgan fingerprint density at radius 2 is 2.06 bits per heavy atom. The highest BCUT2D eigenvalue weighted by molar-refractivity contribution is 9.10. The van der Waals surface area contributed by atoms with Gasteiger partial charge in [0.2, 0.25) is 0 Å². The predicted molar refractivity (Wildman–Crippen MR) is 70.4 cm³/mol. The van der Waals surface area contributed by atoms with Gasteiger partial charge in [0.1, 0.15) is 5.82 Å². The lowest BCUT2D eigenvalue weighted by Crippen LogP contribution is -2.42. The van der Waals surface area contributed by atoms with E-state index in [0.29, 0.717) is 10.9 Å². The summed E-state index contributed by atoms with van der Waals surface area (Å²) in [6.45, 7) is 4.18. The van der Waals surface area contributed by atoms with Crippen molar-refractivity contribution in [2.75, 3.05) is 0 Å². The topological polar surface area (TPSA) is 20.2 Å². The minimum Gasteiger partial charge on any atom is -0.389 e. The van der Waals surface area contributed by atoms with Crippen LogP contribution < -0.4 is 0 Å². The van der Waals surface area contributed by atoms with Gasteiger partial charge in [-0.1, -0.05) is 26.0 Å². The molecule has 1 nitrogen and oxygen atoms in total. The molecule has 0 aliphatic heterocycles. The number of benzene rings is 1. The molecule has 1 aliphatic carbocycles. The van der Waals surface area contributed by atoms with Crippen molar-refractivity contribution in [2.24, 2.45) is 5.41 Å². The van der Waals surface area contributed by atoms with E-state index in [1.165, 1.54) is 6.07 Å². The van der Waals surface area contributed by atoms with E-state index in [1.807, 2.05) is 6.07 Å². The number of aliphatic hydroxyl groups is 1. The molecule has 3 heteroatoms. The van der Waals surface area contributed by atoms with Gasteiger partial charge in [0.15, 0.2) is 0 Å². The fourth-order valence-corrected chi connectivity index (χ4v) is 3.13. The van der Waals surface area contributed by atoms with Crippen LogP contribution in [0.5, 0.6) is 0 Å². The van der Waals surface area contributed by atoms with E-state index in [4.69, 9.17) is 0 Å². The number of hydrogen-bond donors (Lipinski definition) is 1. The van der Waals surface area contributed by atoms with Crippen LogP contribution in [0.25, 0.3) is 0 Å². The smallest absolute Gasteiger partial charge is 0.137 e. The van der Waals surface area contributed by atoms with Gasteiger partial charge in [0.25, 0.3) is 0 Å². The van der Waals surface area contributed by atoms with Crippen LogP contribution in [0.15, 0.2) is 22.7 Å². The Bertz CT molecular complexity index is 430. The molecule has 0 heterocycles. The molecule has 1 N–H and O–H groups in total. The first kappa shape index (κ1) is 13.0. The molecule has 1 fully saturated rings. The van der Waals surface area contributed by atoms with Gasteiger partial charge in [0.05, 0.1) is 10.1 Å². The van der Waals surface area contributed by atoms with Crippen LogP contribution in [0.4, 0.5) is 4.39 Å². The quantitative estimate of drug-likeness (QED) is 0.873. The van der Waals surface area contributed by atoms with Gasteiger partial charge in [-0.2, -0.15) is 0 Å². The van der Waals surface area contributed by atoms with Crippen molar-refractivity contribution in [2.45, 2.75) is 45.1 Å². The molecule has 1 unspecified atom stereocenters. The van der Waals surface area contributed by atoms with Gasteiger partial charge in [0, 0.05) is 6.42 Å². The Balaban J connectivity index is 2.29. The summed E-state index contributed by atoms with van der Waals surface area (Å²) in [5.41, 5.74) is 0.0321. The first-order valence-electron chi connectivity index (χ1n) is 6.01. The summed E-state index contributed by atoms with van der Waals surface area (Å²) >= 11 is 3.26. The highest BCUT2D eigenvalue weighted by Crippen LogP contribution is 2.48. The lowest BCUT2D eigenvalue weighted by atomic mass is 9.74. The molecular weight excluding hydrogens is 283 g/mol. The minimum absolute atomic E-state index is 0.0985.